The van der Waals surface area contributed by atoms with Crippen LogP contribution >= 0.6 is 44.3 Å². The Morgan fingerprint density at radius 1 is 0.574 bits per heavy atom. The third-order valence-electron chi connectivity index (χ3n) is 7.53. The van der Waals surface area contributed by atoms with E-state index in [9.17, 15) is 48.6 Å². The highest BCUT2D eigenvalue weighted by Crippen LogP contribution is 2.24. The van der Waals surface area contributed by atoms with Crippen LogP contribution < -0.4 is 32.7 Å². The van der Waals surface area contributed by atoms with E-state index in [2.05, 4.69) is 21.3 Å². The van der Waals surface area contributed by atoms with Crippen LogP contribution in [0.25, 0.3) is 0 Å². The standard InChI is InChI=1S/C32H44N6O12S4/c33-19(29(43)44)7-1-9-25(39)35-23(27(41)37-21(31(47)48)13-17-5-3-11-51-17)15-53-54-16-24(36-26(40)10-2-8-20(34)30(45)46)28(42)38-22(32(49)50)14-18-6-4-12-52-18/h3-6,11-12,19-24H,1-2,7-10,13-16,33-34H2,(H,35,39)(H,36,40)(H,37,41)(H,38,42)(H,43,44)(H,45,46)(H,47,48)(H,49,50)/t19-,20-,21+,22+,23?,24?/m0/s1. The van der Waals surface area contributed by atoms with Crippen molar-refractivity contribution >= 4 is 91.8 Å². The monoisotopic (exact) mass is 832 g/mol. The molecule has 12 N–H and O–H groups in total. The molecule has 0 aliphatic heterocycles. The lowest BCUT2D eigenvalue weighted by molar-refractivity contribution is -0.142. The van der Waals surface area contributed by atoms with Crippen molar-refractivity contribution in [3.63, 3.8) is 0 Å². The molecular weight excluding hydrogens is 789 g/mol. The Morgan fingerprint density at radius 2 is 0.944 bits per heavy atom. The van der Waals surface area contributed by atoms with Gasteiger partial charge in [0.2, 0.25) is 23.6 Å². The Kier molecular flexibility index (Phi) is 20.6. The van der Waals surface area contributed by atoms with Gasteiger partial charge in [-0.05, 0) is 48.6 Å². The van der Waals surface area contributed by atoms with Gasteiger partial charge in [0.25, 0.3) is 0 Å². The second-order valence-electron chi connectivity index (χ2n) is 11.8. The smallest absolute Gasteiger partial charge is 0.326 e. The van der Waals surface area contributed by atoms with Crippen molar-refractivity contribution in [3.05, 3.63) is 44.8 Å². The zero-order valence-electron chi connectivity index (χ0n) is 28.8. The summed E-state index contributed by atoms with van der Waals surface area (Å²) < 4.78 is 0. The molecule has 0 bridgehead atoms. The van der Waals surface area contributed by atoms with Gasteiger partial charge in [-0.3, -0.25) is 28.8 Å². The average Bonchev–Trinajstić information content (AvgIpc) is 3.82. The Hall–Kier alpha value is -4.22. The maximum Gasteiger partial charge on any atom is 0.326 e. The van der Waals surface area contributed by atoms with Crippen LogP contribution in [-0.4, -0.2) is 116 Å². The Balaban J connectivity index is 2.15. The molecule has 18 nitrogen and oxygen atoms in total. The van der Waals surface area contributed by atoms with Gasteiger partial charge in [0.15, 0.2) is 0 Å². The number of carboxylic acid groups (broad SMARTS) is 4. The van der Waals surface area contributed by atoms with Crippen LogP contribution in [0.2, 0.25) is 0 Å². The van der Waals surface area contributed by atoms with Gasteiger partial charge in [-0.1, -0.05) is 33.7 Å². The molecule has 0 fully saturated rings. The molecule has 2 unspecified atom stereocenters. The molecule has 4 amide bonds. The lowest BCUT2D eigenvalue weighted by atomic mass is 10.1. The first kappa shape index (κ1) is 45.9. The fourth-order valence-corrected chi connectivity index (χ4v) is 8.38. The zero-order valence-corrected chi connectivity index (χ0v) is 32.1. The summed E-state index contributed by atoms with van der Waals surface area (Å²) in [5, 5.41) is 51.0. The van der Waals surface area contributed by atoms with E-state index in [4.69, 9.17) is 21.7 Å². The Labute approximate surface area is 326 Å². The number of rotatable bonds is 27. The van der Waals surface area contributed by atoms with E-state index in [1.165, 1.54) is 22.7 Å². The number of nitrogens with one attached hydrogen (secondary N) is 4. The predicted molar refractivity (Wildman–Crippen MR) is 203 cm³/mol. The number of carbonyl (C=O) groups excluding carboxylic acids is 4. The van der Waals surface area contributed by atoms with E-state index >= 15 is 0 Å². The SMILES string of the molecule is N[C@@H](CCCC(=O)NC(CSSCC(NC(=O)CCC[C@H](N)C(=O)O)C(=O)N[C@H](Cc1cccs1)C(=O)O)C(=O)N[C@H](Cc1cccs1)C(=O)O)C(=O)O. The molecule has 54 heavy (non-hydrogen) atoms. The second-order valence-corrected chi connectivity index (χ2v) is 16.5. The first-order valence-corrected chi connectivity index (χ1v) is 20.7. The summed E-state index contributed by atoms with van der Waals surface area (Å²) >= 11 is 2.60. The number of carbonyl (C=O) groups is 8. The third kappa shape index (κ3) is 17.7. The molecule has 0 spiro atoms. The van der Waals surface area contributed by atoms with Crippen LogP contribution in [0.5, 0.6) is 0 Å². The minimum Gasteiger partial charge on any atom is -0.480 e. The van der Waals surface area contributed by atoms with E-state index in [0.29, 0.717) is 9.75 Å². The molecule has 0 aliphatic carbocycles. The zero-order chi connectivity index (χ0) is 40.2. The van der Waals surface area contributed by atoms with Gasteiger partial charge in [0.1, 0.15) is 36.3 Å². The number of aliphatic carboxylic acids is 4. The van der Waals surface area contributed by atoms with Crippen LogP contribution in [0.1, 0.15) is 48.3 Å². The number of hydrogen-bond donors (Lipinski definition) is 10. The topological polar surface area (TPSA) is 318 Å². The lowest BCUT2D eigenvalue weighted by Gasteiger charge is -2.23. The Bertz CT molecular complexity index is 1450. The molecule has 2 aromatic heterocycles. The van der Waals surface area contributed by atoms with Crippen molar-refractivity contribution in [1.29, 1.82) is 0 Å². The highest BCUT2D eigenvalue weighted by atomic mass is 33.1. The van der Waals surface area contributed by atoms with Gasteiger partial charge in [-0.2, -0.15) is 0 Å². The minimum absolute atomic E-state index is 0.0102. The molecule has 298 valence electrons. The van der Waals surface area contributed by atoms with Gasteiger partial charge in [0, 0.05) is 46.9 Å². The summed E-state index contributed by atoms with van der Waals surface area (Å²) in [4.78, 5) is 99.7. The van der Waals surface area contributed by atoms with Crippen molar-refractivity contribution in [1.82, 2.24) is 21.3 Å². The Morgan fingerprint density at radius 3 is 1.24 bits per heavy atom. The first-order chi connectivity index (χ1) is 25.6. The summed E-state index contributed by atoms with van der Waals surface area (Å²) in [6, 6.07) is -0.729. The van der Waals surface area contributed by atoms with Crippen molar-refractivity contribution in [2.45, 2.75) is 87.6 Å². The lowest BCUT2D eigenvalue weighted by Crippen LogP contribution is -2.53. The van der Waals surface area contributed by atoms with E-state index in [0.717, 1.165) is 21.6 Å². The molecule has 2 aromatic rings. The molecule has 0 saturated carbocycles. The number of carboxylic acids is 4. The largest absolute Gasteiger partial charge is 0.480 e. The van der Waals surface area contributed by atoms with Crippen LogP contribution in [0.15, 0.2) is 35.0 Å². The molecule has 2 rings (SSSR count). The van der Waals surface area contributed by atoms with Gasteiger partial charge in [0.05, 0.1) is 0 Å². The van der Waals surface area contributed by atoms with Gasteiger partial charge < -0.3 is 53.2 Å². The fraction of sp³-hybridized carbons (Fsp3) is 0.500. The number of nitrogens with two attached hydrogens (primary N) is 2. The number of hydrogen-bond acceptors (Lipinski definition) is 14. The summed E-state index contributed by atoms with van der Waals surface area (Å²) in [5.74, 6) is -8.26. The highest BCUT2D eigenvalue weighted by molar-refractivity contribution is 8.76. The van der Waals surface area contributed by atoms with Gasteiger partial charge in [-0.25, -0.2) is 9.59 Å². The molecular formula is C32H44N6O12S4. The fourth-order valence-electron chi connectivity index (χ4n) is 4.55. The molecule has 6 atom stereocenters. The normalized spacial score (nSPS) is 14.3. The van der Waals surface area contributed by atoms with Crippen LogP contribution in [0, 0.1) is 0 Å². The molecule has 0 saturated heterocycles. The highest BCUT2D eigenvalue weighted by Gasteiger charge is 2.30. The maximum absolute atomic E-state index is 13.4. The average molecular weight is 833 g/mol. The minimum atomic E-state index is -1.33. The molecule has 2 heterocycles. The quantitative estimate of drug-likeness (QED) is 0.0426. The van der Waals surface area contributed by atoms with Crippen molar-refractivity contribution in [3.8, 4) is 0 Å². The van der Waals surface area contributed by atoms with Crippen molar-refractivity contribution < 1.29 is 58.8 Å². The van der Waals surface area contributed by atoms with Crippen LogP contribution in [0.4, 0.5) is 0 Å². The molecule has 0 radical (unpaired) electrons. The van der Waals surface area contributed by atoms with E-state index in [1.807, 2.05) is 0 Å². The first-order valence-electron chi connectivity index (χ1n) is 16.5. The van der Waals surface area contributed by atoms with E-state index < -0.39 is 83.8 Å². The van der Waals surface area contributed by atoms with Crippen LogP contribution in [0.3, 0.4) is 0 Å². The summed E-state index contributed by atoms with van der Waals surface area (Å²) in [6.45, 7) is 0. The summed E-state index contributed by atoms with van der Waals surface area (Å²) in [6.07, 6.45) is -0.228. The van der Waals surface area contributed by atoms with Gasteiger partial charge >= 0.3 is 23.9 Å². The molecule has 22 heteroatoms. The number of thiophene rings is 2. The number of amides is 4. The van der Waals surface area contributed by atoms with Crippen molar-refractivity contribution in [2.75, 3.05) is 11.5 Å². The summed E-state index contributed by atoms with van der Waals surface area (Å²) in [7, 11) is 2.00. The molecule has 0 aliphatic rings. The maximum atomic E-state index is 13.4. The predicted octanol–water partition coefficient (Wildman–Crippen LogP) is 0.249. The van der Waals surface area contributed by atoms with E-state index in [1.54, 1.807) is 35.0 Å². The summed E-state index contributed by atoms with van der Waals surface area (Å²) in [5.41, 5.74) is 11.0. The van der Waals surface area contributed by atoms with Gasteiger partial charge in [-0.15, -0.1) is 22.7 Å². The van der Waals surface area contributed by atoms with Crippen molar-refractivity contribution in [2.24, 2.45) is 11.5 Å². The third-order valence-corrected chi connectivity index (χ3v) is 11.7. The van der Waals surface area contributed by atoms with Crippen LogP contribution in [-0.2, 0) is 51.2 Å². The second kappa shape index (κ2) is 24.2. The van der Waals surface area contributed by atoms with E-state index in [-0.39, 0.29) is 62.9 Å². The molecule has 0 aromatic carbocycles.